The van der Waals surface area contributed by atoms with Gasteiger partial charge in [-0.3, -0.25) is 5.43 Å². The van der Waals surface area contributed by atoms with Gasteiger partial charge in [0.1, 0.15) is 5.75 Å². The van der Waals surface area contributed by atoms with E-state index in [2.05, 4.69) is 23.2 Å². The number of aryl methyl sites for hydroxylation is 1. The molecule has 0 spiro atoms. The predicted octanol–water partition coefficient (Wildman–Crippen LogP) is 2.38. The number of hydrazone groups is 1. The van der Waals surface area contributed by atoms with Crippen LogP contribution in [0.2, 0.25) is 0 Å². The van der Waals surface area contributed by atoms with Crippen LogP contribution in [-0.4, -0.2) is 12.8 Å². The molecular formula is C13H14N2O. The van der Waals surface area contributed by atoms with Gasteiger partial charge in [-0.25, -0.2) is 0 Å². The van der Waals surface area contributed by atoms with Crippen molar-refractivity contribution in [3.8, 4) is 5.75 Å². The lowest BCUT2D eigenvalue weighted by molar-refractivity contribution is 0.411. The van der Waals surface area contributed by atoms with E-state index in [4.69, 9.17) is 4.74 Å². The molecule has 0 fully saturated rings. The second-order valence-electron chi connectivity index (χ2n) is 3.65. The topological polar surface area (TPSA) is 33.6 Å². The molecule has 1 aromatic rings. The molecule has 82 valence electrons. The van der Waals surface area contributed by atoms with Crippen LogP contribution in [0.15, 0.2) is 47.7 Å². The molecule has 0 atom stereocenters. The third kappa shape index (κ3) is 1.98. The van der Waals surface area contributed by atoms with Gasteiger partial charge in [-0.15, -0.1) is 0 Å². The number of hydrogen-bond donors (Lipinski definition) is 1. The van der Waals surface area contributed by atoms with E-state index >= 15 is 0 Å². The van der Waals surface area contributed by atoms with Crippen LogP contribution < -0.4 is 10.2 Å². The average molecular weight is 214 g/mol. The minimum absolute atomic E-state index is 0.800. The molecule has 2 rings (SSSR count). The van der Waals surface area contributed by atoms with E-state index in [-0.39, 0.29) is 0 Å². The fourth-order valence-electron chi connectivity index (χ4n) is 1.58. The van der Waals surface area contributed by atoms with Gasteiger partial charge in [-0.2, -0.15) is 5.10 Å². The molecule has 1 heterocycles. The summed E-state index contributed by atoms with van der Waals surface area (Å²) in [6.07, 6.45) is 3.85. The van der Waals surface area contributed by atoms with Crippen LogP contribution in [0.1, 0.15) is 11.1 Å². The first-order valence-electron chi connectivity index (χ1n) is 5.06. The number of hydrogen-bond acceptors (Lipinski definition) is 3. The van der Waals surface area contributed by atoms with Gasteiger partial charge in [0.2, 0.25) is 0 Å². The summed E-state index contributed by atoms with van der Waals surface area (Å²) in [6.45, 7) is 5.78. The Labute approximate surface area is 95.1 Å². The Kier molecular flexibility index (Phi) is 2.77. The van der Waals surface area contributed by atoms with E-state index in [0.717, 1.165) is 28.3 Å². The van der Waals surface area contributed by atoms with Crippen LogP contribution in [0.4, 0.5) is 0 Å². The van der Waals surface area contributed by atoms with Gasteiger partial charge in [-0.1, -0.05) is 6.58 Å². The minimum Gasteiger partial charge on any atom is -0.496 e. The molecule has 0 bridgehead atoms. The normalized spacial score (nSPS) is 14.4. The van der Waals surface area contributed by atoms with Gasteiger partial charge in [0, 0.05) is 11.3 Å². The molecule has 0 unspecified atom stereocenters. The molecule has 1 aliphatic rings. The van der Waals surface area contributed by atoms with Gasteiger partial charge in [0.05, 0.1) is 12.8 Å². The summed E-state index contributed by atoms with van der Waals surface area (Å²) >= 11 is 0. The van der Waals surface area contributed by atoms with Crippen molar-refractivity contribution >= 4 is 5.71 Å². The molecule has 0 saturated heterocycles. The number of ether oxygens (including phenoxy) is 1. The molecule has 0 aromatic heterocycles. The van der Waals surface area contributed by atoms with Crippen molar-refractivity contribution in [1.82, 2.24) is 5.43 Å². The number of benzene rings is 1. The van der Waals surface area contributed by atoms with Gasteiger partial charge >= 0.3 is 0 Å². The first-order valence-corrected chi connectivity index (χ1v) is 5.06. The Morgan fingerprint density at radius 3 is 2.69 bits per heavy atom. The summed E-state index contributed by atoms with van der Waals surface area (Å²) in [4.78, 5) is 0. The van der Waals surface area contributed by atoms with Crippen LogP contribution >= 0.6 is 0 Å². The molecular weight excluding hydrogens is 200 g/mol. The maximum absolute atomic E-state index is 5.22. The predicted molar refractivity (Wildman–Crippen MR) is 65.7 cm³/mol. The highest BCUT2D eigenvalue weighted by Crippen LogP contribution is 2.19. The summed E-state index contributed by atoms with van der Waals surface area (Å²) < 4.78 is 5.22. The van der Waals surface area contributed by atoms with Crippen molar-refractivity contribution in [3.05, 3.63) is 53.8 Å². The molecule has 1 aliphatic heterocycles. The monoisotopic (exact) mass is 214 g/mol. The second-order valence-corrected chi connectivity index (χ2v) is 3.65. The zero-order chi connectivity index (χ0) is 11.5. The summed E-state index contributed by atoms with van der Waals surface area (Å²) in [5, 5.41) is 4.22. The number of allylic oxidation sites excluding steroid dienone is 2. The Balaban J connectivity index is 2.32. The fourth-order valence-corrected chi connectivity index (χ4v) is 1.58. The highest BCUT2D eigenvalue weighted by molar-refractivity contribution is 6.09. The highest BCUT2D eigenvalue weighted by atomic mass is 16.5. The van der Waals surface area contributed by atoms with Crippen LogP contribution in [0.3, 0.4) is 0 Å². The molecule has 0 saturated carbocycles. The largest absolute Gasteiger partial charge is 0.496 e. The van der Waals surface area contributed by atoms with Crippen molar-refractivity contribution in [3.63, 3.8) is 0 Å². The van der Waals surface area contributed by atoms with E-state index in [1.807, 2.05) is 31.2 Å². The maximum Gasteiger partial charge on any atom is 0.121 e. The Morgan fingerprint density at radius 1 is 1.31 bits per heavy atom. The minimum atomic E-state index is 0.800. The maximum atomic E-state index is 5.22. The number of rotatable bonds is 2. The van der Waals surface area contributed by atoms with Gasteiger partial charge in [0.25, 0.3) is 0 Å². The molecule has 1 aromatic carbocycles. The van der Waals surface area contributed by atoms with Crippen molar-refractivity contribution < 1.29 is 4.74 Å². The lowest BCUT2D eigenvalue weighted by Crippen LogP contribution is -2.12. The van der Waals surface area contributed by atoms with E-state index in [1.165, 1.54) is 0 Å². The third-order valence-electron chi connectivity index (χ3n) is 2.45. The first kappa shape index (κ1) is 10.5. The lowest BCUT2D eigenvalue weighted by Gasteiger charge is -2.11. The lowest BCUT2D eigenvalue weighted by atomic mass is 10.1. The van der Waals surface area contributed by atoms with Gasteiger partial charge in [-0.05, 0) is 42.8 Å². The third-order valence-corrected chi connectivity index (χ3v) is 2.45. The quantitative estimate of drug-likeness (QED) is 0.820. The Morgan fingerprint density at radius 2 is 2.12 bits per heavy atom. The van der Waals surface area contributed by atoms with Crippen LogP contribution in [0, 0.1) is 6.92 Å². The molecule has 1 N–H and O–H groups in total. The van der Waals surface area contributed by atoms with Gasteiger partial charge < -0.3 is 4.74 Å². The van der Waals surface area contributed by atoms with Crippen molar-refractivity contribution in [2.75, 3.05) is 7.11 Å². The highest BCUT2D eigenvalue weighted by Gasteiger charge is 2.06. The molecule has 0 radical (unpaired) electrons. The zero-order valence-corrected chi connectivity index (χ0v) is 9.45. The smallest absolute Gasteiger partial charge is 0.121 e. The molecule has 0 amide bonds. The SMILES string of the molecule is C=C1C=CC(c2ccc(OC)c(C)c2)=NN1. The van der Waals surface area contributed by atoms with Crippen LogP contribution in [0.5, 0.6) is 5.75 Å². The Bertz CT molecular complexity index is 487. The second kappa shape index (κ2) is 4.23. The summed E-state index contributed by atoms with van der Waals surface area (Å²) in [7, 11) is 1.67. The number of methoxy groups -OCH3 is 1. The van der Waals surface area contributed by atoms with Crippen molar-refractivity contribution in [2.45, 2.75) is 6.92 Å². The standard InChI is InChI=1S/C13H14N2O/c1-9-8-11(5-7-13(9)16-3)12-6-4-10(2)14-15-12/h4-8,14H,2H2,1,3H3. The summed E-state index contributed by atoms with van der Waals surface area (Å²) in [5.74, 6) is 0.890. The number of nitrogens with zero attached hydrogens (tertiary/aromatic N) is 1. The first-order chi connectivity index (χ1) is 7.70. The summed E-state index contributed by atoms with van der Waals surface area (Å²) in [6, 6.07) is 5.99. The van der Waals surface area contributed by atoms with Gasteiger partial charge in [0.15, 0.2) is 0 Å². The van der Waals surface area contributed by atoms with Crippen LogP contribution in [0.25, 0.3) is 0 Å². The van der Waals surface area contributed by atoms with E-state index in [1.54, 1.807) is 7.11 Å². The molecule has 0 aliphatic carbocycles. The molecule has 16 heavy (non-hydrogen) atoms. The molecule has 3 heteroatoms. The van der Waals surface area contributed by atoms with E-state index in [0.29, 0.717) is 0 Å². The Hall–Kier alpha value is -2.03. The molecule has 3 nitrogen and oxygen atoms in total. The van der Waals surface area contributed by atoms with E-state index < -0.39 is 0 Å². The van der Waals surface area contributed by atoms with Crippen molar-refractivity contribution in [2.24, 2.45) is 5.10 Å². The zero-order valence-electron chi connectivity index (χ0n) is 9.45. The summed E-state index contributed by atoms with van der Waals surface area (Å²) in [5.41, 5.74) is 6.72. The number of nitrogens with one attached hydrogen (secondary N) is 1. The van der Waals surface area contributed by atoms with E-state index in [9.17, 15) is 0 Å². The fraction of sp³-hybridized carbons (Fsp3) is 0.154. The average Bonchev–Trinajstić information content (AvgIpc) is 2.30. The van der Waals surface area contributed by atoms with Crippen molar-refractivity contribution in [1.29, 1.82) is 0 Å². The van der Waals surface area contributed by atoms with Crippen LogP contribution in [-0.2, 0) is 0 Å².